The van der Waals surface area contributed by atoms with Crippen molar-refractivity contribution in [1.29, 1.82) is 0 Å². The van der Waals surface area contributed by atoms with Crippen LogP contribution in [0, 0.1) is 0 Å². The summed E-state index contributed by atoms with van der Waals surface area (Å²) in [5.74, 6) is -0.305. The Balaban J connectivity index is 1.70. The highest BCUT2D eigenvalue weighted by Crippen LogP contribution is 2.32. The first kappa shape index (κ1) is 20.2. The number of ether oxygens (including phenoxy) is 3. The smallest absolute Gasteiger partial charge is 0.387 e. The van der Waals surface area contributed by atoms with Crippen LogP contribution in [0.2, 0.25) is 0 Å². The largest absolute Gasteiger partial charge is 0.493 e. The maximum atomic E-state index is 12.4. The van der Waals surface area contributed by atoms with Gasteiger partial charge < -0.3 is 18.7 Å². The molecule has 0 amide bonds. The summed E-state index contributed by atoms with van der Waals surface area (Å²) >= 11 is 0. The molecule has 0 N–H and O–H groups in total. The molecule has 0 unspecified atom stereocenters. The topological polar surface area (TPSA) is 96.6 Å². The molecule has 0 spiro atoms. The van der Waals surface area contributed by atoms with Crippen LogP contribution in [0.15, 0.2) is 41.2 Å². The van der Waals surface area contributed by atoms with Crippen molar-refractivity contribution < 1.29 is 32.3 Å². The minimum atomic E-state index is -2.98. The average molecular weight is 405 g/mol. The molecule has 3 aromatic rings. The van der Waals surface area contributed by atoms with Gasteiger partial charge in [0.25, 0.3) is 5.89 Å². The van der Waals surface area contributed by atoms with Gasteiger partial charge in [-0.15, -0.1) is 0 Å². The third-order valence-corrected chi connectivity index (χ3v) is 3.94. The molecule has 0 fully saturated rings. The number of alkyl halides is 2. The van der Waals surface area contributed by atoms with Crippen molar-refractivity contribution in [2.75, 3.05) is 7.11 Å². The fourth-order valence-electron chi connectivity index (χ4n) is 2.54. The van der Waals surface area contributed by atoms with Crippen molar-refractivity contribution in [1.82, 2.24) is 15.1 Å². The van der Waals surface area contributed by atoms with Gasteiger partial charge in [-0.1, -0.05) is 12.1 Å². The third-order valence-electron chi connectivity index (χ3n) is 3.94. The Morgan fingerprint density at radius 1 is 1.24 bits per heavy atom. The van der Waals surface area contributed by atoms with Gasteiger partial charge >= 0.3 is 12.6 Å². The quantitative estimate of drug-likeness (QED) is 0.524. The molecular weight excluding hydrogens is 388 g/mol. The predicted octanol–water partition coefficient (Wildman–Crippen LogP) is 3.66. The molecule has 8 nitrogen and oxygen atoms in total. The summed E-state index contributed by atoms with van der Waals surface area (Å²) in [6.45, 7) is -1.29. The van der Waals surface area contributed by atoms with E-state index in [1.165, 1.54) is 31.5 Å². The maximum Gasteiger partial charge on any atom is 0.387 e. The van der Waals surface area contributed by atoms with Gasteiger partial charge in [0.2, 0.25) is 5.82 Å². The van der Waals surface area contributed by atoms with Crippen LogP contribution in [-0.2, 0) is 17.8 Å². The molecule has 0 aliphatic heterocycles. The summed E-state index contributed by atoms with van der Waals surface area (Å²) in [7, 11) is 1.32. The van der Waals surface area contributed by atoms with Crippen LogP contribution in [0.4, 0.5) is 8.78 Å². The summed E-state index contributed by atoms with van der Waals surface area (Å²) in [5, 5.41) is 3.80. The Morgan fingerprint density at radius 3 is 2.79 bits per heavy atom. The first-order chi connectivity index (χ1) is 14.0. The lowest BCUT2D eigenvalue weighted by atomic mass is 10.1. The number of nitrogens with zero attached hydrogens (tertiary/aromatic N) is 3. The fourth-order valence-corrected chi connectivity index (χ4v) is 2.54. The van der Waals surface area contributed by atoms with Crippen molar-refractivity contribution in [2.45, 2.75) is 26.6 Å². The highest BCUT2D eigenvalue weighted by molar-refractivity contribution is 5.90. The third kappa shape index (κ3) is 4.84. The number of aryl methyl sites for hydroxylation is 1. The molecule has 1 aromatic carbocycles. The Labute approximate surface area is 164 Å². The van der Waals surface area contributed by atoms with Crippen LogP contribution in [0.5, 0.6) is 11.5 Å². The molecule has 0 saturated heterocycles. The van der Waals surface area contributed by atoms with E-state index >= 15 is 0 Å². The molecule has 2 aromatic heterocycles. The lowest BCUT2D eigenvalue weighted by Gasteiger charge is -2.10. The van der Waals surface area contributed by atoms with Crippen molar-refractivity contribution in [2.24, 2.45) is 0 Å². The van der Waals surface area contributed by atoms with Gasteiger partial charge in [0.05, 0.1) is 12.7 Å². The van der Waals surface area contributed by atoms with Crippen molar-refractivity contribution in [3.8, 4) is 22.9 Å². The van der Waals surface area contributed by atoms with Crippen molar-refractivity contribution in [3.63, 3.8) is 0 Å². The number of carbonyl (C=O) groups is 1. The van der Waals surface area contributed by atoms with Crippen LogP contribution in [0.25, 0.3) is 11.4 Å². The molecule has 0 saturated carbocycles. The van der Waals surface area contributed by atoms with E-state index in [9.17, 15) is 13.6 Å². The Kier molecular flexibility index (Phi) is 6.32. The van der Waals surface area contributed by atoms with E-state index in [2.05, 4.69) is 19.9 Å². The minimum absolute atomic E-state index is 0.0762. The van der Waals surface area contributed by atoms with Gasteiger partial charge in [0.1, 0.15) is 0 Å². The monoisotopic (exact) mass is 405 g/mol. The fraction of sp³-hybridized carbons (Fsp3) is 0.263. The summed E-state index contributed by atoms with van der Waals surface area (Å²) in [5.41, 5.74) is 1.63. The Hall–Kier alpha value is -3.56. The van der Waals surface area contributed by atoms with Crippen LogP contribution < -0.4 is 9.47 Å². The SMILES string of the molecule is CCc1cnccc1C(=O)OCc1nc(-c2ccc(OC(F)F)c(OC)c2)no1. The molecule has 0 bridgehead atoms. The summed E-state index contributed by atoms with van der Waals surface area (Å²) in [4.78, 5) is 20.4. The molecule has 152 valence electrons. The summed E-state index contributed by atoms with van der Waals surface area (Å²) in [6, 6.07) is 5.80. The highest BCUT2D eigenvalue weighted by Gasteiger charge is 2.17. The van der Waals surface area contributed by atoms with Crippen LogP contribution >= 0.6 is 0 Å². The van der Waals surface area contributed by atoms with Crippen LogP contribution in [0.3, 0.4) is 0 Å². The number of hydrogen-bond donors (Lipinski definition) is 0. The number of methoxy groups -OCH3 is 1. The second kappa shape index (κ2) is 9.09. The standard InChI is InChI=1S/C19H17F2N3O5/c1-3-11-9-22-7-6-13(11)18(25)27-10-16-23-17(24-29-16)12-4-5-14(28-19(20)21)15(8-12)26-2/h4-9,19H,3,10H2,1-2H3. The number of pyridine rings is 1. The van der Waals surface area contributed by atoms with Crippen LogP contribution in [-0.4, -0.2) is 34.8 Å². The molecule has 3 rings (SSSR count). The van der Waals surface area contributed by atoms with Gasteiger partial charge in [-0.05, 0) is 36.2 Å². The van der Waals surface area contributed by atoms with Gasteiger partial charge in [-0.2, -0.15) is 13.8 Å². The first-order valence-electron chi connectivity index (χ1n) is 8.57. The van der Waals surface area contributed by atoms with E-state index < -0.39 is 12.6 Å². The molecule has 0 aliphatic rings. The lowest BCUT2D eigenvalue weighted by molar-refractivity contribution is -0.0512. The average Bonchev–Trinajstić information content (AvgIpc) is 3.21. The van der Waals surface area contributed by atoms with Gasteiger partial charge in [0, 0.05) is 18.0 Å². The number of esters is 1. The second-order valence-corrected chi connectivity index (χ2v) is 5.72. The van der Waals surface area contributed by atoms with E-state index in [-0.39, 0.29) is 29.8 Å². The van der Waals surface area contributed by atoms with Gasteiger partial charge in [-0.25, -0.2) is 4.79 Å². The normalized spacial score (nSPS) is 10.8. The number of aromatic nitrogens is 3. The van der Waals surface area contributed by atoms with Gasteiger partial charge in [0.15, 0.2) is 18.1 Å². The molecule has 2 heterocycles. The zero-order valence-electron chi connectivity index (χ0n) is 15.6. The molecule has 29 heavy (non-hydrogen) atoms. The molecule has 0 atom stereocenters. The van der Waals surface area contributed by atoms with E-state index in [0.717, 1.165) is 5.56 Å². The van der Waals surface area contributed by atoms with Crippen LogP contribution in [0.1, 0.15) is 28.7 Å². The lowest BCUT2D eigenvalue weighted by Crippen LogP contribution is -2.08. The number of hydrogen-bond acceptors (Lipinski definition) is 8. The minimum Gasteiger partial charge on any atom is -0.493 e. The number of carbonyl (C=O) groups excluding carboxylic acids is 1. The van der Waals surface area contributed by atoms with Crippen molar-refractivity contribution >= 4 is 5.97 Å². The van der Waals surface area contributed by atoms with Crippen molar-refractivity contribution in [3.05, 3.63) is 53.7 Å². The highest BCUT2D eigenvalue weighted by atomic mass is 19.3. The molecular formula is C19H17F2N3O5. The van der Waals surface area contributed by atoms with Gasteiger partial charge in [-0.3, -0.25) is 4.98 Å². The summed E-state index contributed by atoms with van der Waals surface area (Å²) < 4.78 is 44.6. The first-order valence-corrected chi connectivity index (χ1v) is 8.57. The zero-order chi connectivity index (χ0) is 20.8. The number of halogens is 2. The number of benzene rings is 1. The molecule has 0 aliphatic carbocycles. The van der Waals surface area contributed by atoms with E-state index in [4.69, 9.17) is 14.0 Å². The zero-order valence-corrected chi connectivity index (χ0v) is 15.6. The Bertz CT molecular complexity index is 993. The van der Waals surface area contributed by atoms with E-state index in [0.29, 0.717) is 17.5 Å². The summed E-state index contributed by atoms with van der Waals surface area (Å²) in [6.07, 6.45) is 3.75. The number of rotatable bonds is 8. The van der Waals surface area contributed by atoms with E-state index in [1.54, 1.807) is 12.3 Å². The molecule has 0 radical (unpaired) electrons. The molecule has 10 heteroatoms. The second-order valence-electron chi connectivity index (χ2n) is 5.72. The van der Waals surface area contributed by atoms with E-state index in [1.807, 2.05) is 6.92 Å². The maximum absolute atomic E-state index is 12.4. The predicted molar refractivity (Wildman–Crippen MR) is 95.7 cm³/mol. The Morgan fingerprint density at radius 2 is 2.07 bits per heavy atom.